The molecule has 1 fully saturated rings. The van der Waals surface area contributed by atoms with Crippen LogP contribution in [0.4, 0.5) is 4.39 Å². The average Bonchev–Trinajstić information content (AvgIpc) is 2.77. The number of aromatic nitrogens is 2. The number of hydrogen-bond donors (Lipinski definition) is 1. The van der Waals surface area contributed by atoms with Gasteiger partial charge < -0.3 is 14.6 Å². The summed E-state index contributed by atoms with van der Waals surface area (Å²) < 4.78 is 20.8. The Morgan fingerprint density at radius 2 is 2.44 bits per heavy atom. The van der Waals surface area contributed by atoms with Crippen molar-refractivity contribution in [1.29, 1.82) is 0 Å². The van der Waals surface area contributed by atoms with Gasteiger partial charge in [0.1, 0.15) is 11.6 Å². The lowest BCUT2D eigenvalue weighted by molar-refractivity contribution is 0.0733. The molecule has 5 heteroatoms. The predicted molar refractivity (Wildman–Crippen MR) is 66.9 cm³/mol. The molecule has 0 saturated carbocycles. The average molecular weight is 249 g/mol. The Bertz CT molecular complexity index is 561. The lowest BCUT2D eigenvalue weighted by Crippen LogP contribution is -2.36. The number of nitrogens with one attached hydrogen (secondary N) is 1. The van der Waals surface area contributed by atoms with Gasteiger partial charge in [-0.05, 0) is 19.1 Å². The number of ether oxygens (including phenoxy) is 1. The van der Waals surface area contributed by atoms with E-state index in [2.05, 4.69) is 21.8 Å². The zero-order chi connectivity index (χ0) is 12.5. The maximum absolute atomic E-state index is 13.2. The molecule has 1 atom stereocenters. The Kier molecular flexibility index (Phi) is 3.01. The molecule has 0 bridgehead atoms. The van der Waals surface area contributed by atoms with Gasteiger partial charge in [-0.25, -0.2) is 9.37 Å². The van der Waals surface area contributed by atoms with Gasteiger partial charge in [-0.15, -0.1) is 0 Å². The number of morpholine rings is 1. The predicted octanol–water partition coefficient (Wildman–Crippen LogP) is 1.86. The van der Waals surface area contributed by atoms with Crippen LogP contribution in [-0.2, 0) is 11.3 Å². The summed E-state index contributed by atoms with van der Waals surface area (Å²) in [5.74, 6) is 0.681. The highest BCUT2D eigenvalue weighted by Gasteiger charge is 2.22. The van der Waals surface area contributed by atoms with E-state index >= 15 is 0 Å². The van der Waals surface area contributed by atoms with E-state index in [9.17, 15) is 4.39 Å². The normalized spacial score (nSPS) is 20.4. The van der Waals surface area contributed by atoms with Gasteiger partial charge in [-0.3, -0.25) is 0 Å². The van der Waals surface area contributed by atoms with Gasteiger partial charge in [-0.1, -0.05) is 0 Å². The SMILES string of the molecule is CCn1c(C2COCCN2)nc2cc(F)ccc21. The zero-order valence-electron chi connectivity index (χ0n) is 10.3. The standard InChI is InChI=1S/C13H16FN3O/c1-2-17-12-4-3-9(14)7-10(12)16-13(17)11-8-18-6-5-15-11/h3-4,7,11,15H,2,5-6,8H2,1H3. The molecule has 1 aliphatic heterocycles. The van der Waals surface area contributed by atoms with Crippen molar-refractivity contribution in [2.24, 2.45) is 0 Å². The second kappa shape index (κ2) is 4.66. The van der Waals surface area contributed by atoms with Gasteiger partial charge in [0, 0.05) is 19.2 Å². The monoisotopic (exact) mass is 249 g/mol. The van der Waals surface area contributed by atoms with Crippen molar-refractivity contribution in [3.8, 4) is 0 Å². The summed E-state index contributed by atoms with van der Waals surface area (Å²) in [4.78, 5) is 4.55. The molecular formula is C13H16FN3O. The highest BCUT2D eigenvalue weighted by atomic mass is 19.1. The third kappa shape index (κ3) is 1.89. The van der Waals surface area contributed by atoms with Crippen LogP contribution in [-0.4, -0.2) is 29.3 Å². The molecule has 0 spiro atoms. The molecule has 0 radical (unpaired) electrons. The molecule has 0 aliphatic carbocycles. The highest BCUT2D eigenvalue weighted by Crippen LogP contribution is 2.23. The van der Waals surface area contributed by atoms with Crippen LogP contribution in [0.3, 0.4) is 0 Å². The Hall–Kier alpha value is -1.46. The summed E-state index contributed by atoms with van der Waals surface area (Å²) in [5.41, 5.74) is 1.68. The molecule has 1 aromatic carbocycles. The summed E-state index contributed by atoms with van der Waals surface area (Å²) in [5, 5.41) is 3.38. The molecule has 96 valence electrons. The summed E-state index contributed by atoms with van der Waals surface area (Å²) in [6.45, 7) is 5.06. The maximum atomic E-state index is 13.2. The fourth-order valence-corrected chi connectivity index (χ4v) is 2.45. The van der Waals surface area contributed by atoms with Gasteiger partial charge in [0.25, 0.3) is 0 Å². The number of benzene rings is 1. The third-order valence-corrected chi connectivity index (χ3v) is 3.29. The molecule has 1 aromatic heterocycles. The molecule has 2 heterocycles. The number of fused-ring (bicyclic) bond motifs is 1. The van der Waals surface area contributed by atoms with Crippen molar-refractivity contribution < 1.29 is 9.13 Å². The summed E-state index contributed by atoms with van der Waals surface area (Å²) >= 11 is 0. The first kappa shape index (κ1) is 11.6. The van der Waals surface area contributed by atoms with E-state index in [0.717, 1.165) is 31.0 Å². The number of imidazole rings is 1. The second-order valence-corrected chi connectivity index (χ2v) is 4.43. The topological polar surface area (TPSA) is 39.1 Å². The second-order valence-electron chi connectivity index (χ2n) is 4.43. The third-order valence-electron chi connectivity index (χ3n) is 3.29. The largest absolute Gasteiger partial charge is 0.378 e. The van der Waals surface area contributed by atoms with Gasteiger partial charge in [-0.2, -0.15) is 0 Å². The Labute approximate surface area is 105 Å². The lowest BCUT2D eigenvalue weighted by Gasteiger charge is -2.23. The number of hydrogen-bond acceptors (Lipinski definition) is 3. The van der Waals surface area contributed by atoms with Crippen LogP contribution >= 0.6 is 0 Å². The van der Waals surface area contributed by atoms with Crippen LogP contribution in [0.2, 0.25) is 0 Å². The van der Waals surface area contributed by atoms with Crippen LogP contribution in [0, 0.1) is 5.82 Å². The molecule has 1 N–H and O–H groups in total. The van der Waals surface area contributed by atoms with Crippen molar-refractivity contribution in [1.82, 2.24) is 14.9 Å². The first-order valence-corrected chi connectivity index (χ1v) is 6.26. The highest BCUT2D eigenvalue weighted by molar-refractivity contribution is 5.76. The van der Waals surface area contributed by atoms with E-state index in [0.29, 0.717) is 12.1 Å². The molecule has 1 unspecified atom stereocenters. The maximum Gasteiger partial charge on any atom is 0.129 e. The minimum absolute atomic E-state index is 0.0918. The van der Waals surface area contributed by atoms with E-state index in [1.165, 1.54) is 12.1 Å². The summed E-state index contributed by atoms with van der Waals surface area (Å²) in [6, 6.07) is 4.84. The fraction of sp³-hybridized carbons (Fsp3) is 0.462. The number of halogens is 1. The van der Waals surface area contributed by atoms with Crippen molar-refractivity contribution in [2.45, 2.75) is 19.5 Å². The molecule has 18 heavy (non-hydrogen) atoms. The molecule has 4 nitrogen and oxygen atoms in total. The van der Waals surface area contributed by atoms with Gasteiger partial charge in [0.05, 0.1) is 30.3 Å². The minimum Gasteiger partial charge on any atom is -0.378 e. The number of nitrogens with zero attached hydrogens (tertiary/aromatic N) is 2. The molecule has 2 aromatic rings. The van der Waals surface area contributed by atoms with Crippen molar-refractivity contribution in [3.05, 3.63) is 29.8 Å². The van der Waals surface area contributed by atoms with E-state index in [1.54, 1.807) is 6.07 Å². The lowest BCUT2D eigenvalue weighted by atomic mass is 10.2. The molecular weight excluding hydrogens is 233 g/mol. The first-order valence-electron chi connectivity index (χ1n) is 6.26. The number of aryl methyl sites for hydroxylation is 1. The minimum atomic E-state index is -0.248. The van der Waals surface area contributed by atoms with Crippen LogP contribution in [0.5, 0.6) is 0 Å². The fourth-order valence-electron chi connectivity index (χ4n) is 2.45. The van der Waals surface area contributed by atoms with E-state index < -0.39 is 0 Å². The van der Waals surface area contributed by atoms with Gasteiger partial charge in [0.15, 0.2) is 0 Å². The zero-order valence-corrected chi connectivity index (χ0v) is 10.3. The molecule has 3 rings (SSSR count). The molecule has 1 saturated heterocycles. The van der Waals surface area contributed by atoms with E-state index in [4.69, 9.17) is 4.74 Å². The summed E-state index contributed by atoms with van der Waals surface area (Å²) in [7, 11) is 0. The van der Waals surface area contributed by atoms with Crippen molar-refractivity contribution >= 4 is 11.0 Å². The molecule has 1 aliphatic rings. The van der Waals surface area contributed by atoms with Crippen molar-refractivity contribution in [3.63, 3.8) is 0 Å². The number of rotatable bonds is 2. The summed E-state index contributed by atoms with van der Waals surface area (Å²) in [6.07, 6.45) is 0. The Morgan fingerprint density at radius 1 is 1.56 bits per heavy atom. The van der Waals surface area contributed by atoms with E-state index in [1.807, 2.05) is 0 Å². The first-order chi connectivity index (χ1) is 8.79. The quantitative estimate of drug-likeness (QED) is 0.883. The van der Waals surface area contributed by atoms with Gasteiger partial charge >= 0.3 is 0 Å². The Morgan fingerprint density at radius 3 is 3.17 bits per heavy atom. The van der Waals surface area contributed by atoms with Crippen LogP contribution < -0.4 is 5.32 Å². The van der Waals surface area contributed by atoms with Crippen LogP contribution in [0.1, 0.15) is 18.8 Å². The smallest absolute Gasteiger partial charge is 0.129 e. The van der Waals surface area contributed by atoms with Crippen molar-refractivity contribution in [2.75, 3.05) is 19.8 Å². The Balaban J connectivity index is 2.09. The van der Waals surface area contributed by atoms with Gasteiger partial charge in [0.2, 0.25) is 0 Å². The van der Waals surface area contributed by atoms with Crippen LogP contribution in [0.15, 0.2) is 18.2 Å². The molecule has 0 amide bonds. The van der Waals surface area contributed by atoms with E-state index in [-0.39, 0.29) is 11.9 Å². The van der Waals surface area contributed by atoms with Crippen LogP contribution in [0.25, 0.3) is 11.0 Å².